The summed E-state index contributed by atoms with van der Waals surface area (Å²) < 4.78 is 11.2. The third-order valence-electron chi connectivity index (χ3n) is 5.14. The first-order valence-electron chi connectivity index (χ1n) is 9.15. The van der Waals surface area contributed by atoms with Crippen LogP contribution in [0.4, 0.5) is 0 Å². The maximum absolute atomic E-state index is 12.7. The van der Waals surface area contributed by atoms with Gasteiger partial charge in [0.2, 0.25) is 5.91 Å². The number of para-hydroxylation sites is 1. The van der Waals surface area contributed by atoms with Crippen molar-refractivity contribution in [1.29, 1.82) is 0 Å². The van der Waals surface area contributed by atoms with Gasteiger partial charge < -0.3 is 25.0 Å². The molecule has 1 unspecified atom stereocenters. The van der Waals surface area contributed by atoms with E-state index in [2.05, 4.69) is 10.6 Å². The summed E-state index contributed by atoms with van der Waals surface area (Å²) in [6.45, 7) is 2.98. The number of hydrogen-bond donors (Lipinski definition) is 2. The van der Waals surface area contributed by atoms with Crippen LogP contribution in [0.25, 0.3) is 0 Å². The van der Waals surface area contributed by atoms with E-state index in [-0.39, 0.29) is 17.9 Å². The SMILES string of the molecule is COC1(C(=O)NC2CC(=O)N(CCOc3ccccc3)C2)CCNCC1. The van der Waals surface area contributed by atoms with Crippen molar-refractivity contribution in [3.05, 3.63) is 30.3 Å². The Hall–Kier alpha value is -2.12. The molecule has 26 heavy (non-hydrogen) atoms. The van der Waals surface area contributed by atoms with Gasteiger partial charge >= 0.3 is 0 Å². The number of carbonyl (C=O) groups is 2. The Morgan fingerprint density at radius 2 is 2.04 bits per heavy atom. The molecule has 2 heterocycles. The molecular formula is C19H27N3O4. The van der Waals surface area contributed by atoms with Gasteiger partial charge in [-0.1, -0.05) is 18.2 Å². The van der Waals surface area contributed by atoms with Gasteiger partial charge in [0.1, 0.15) is 18.0 Å². The van der Waals surface area contributed by atoms with Crippen molar-refractivity contribution >= 4 is 11.8 Å². The lowest BCUT2D eigenvalue weighted by Gasteiger charge is -2.35. The van der Waals surface area contributed by atoms with E-state index in [1.165, 1.54) is 0 Å². The molecule has 1 aromatic carbocycles. The molecule has 2 aliphatic heterocycles. The molecule has 2 aliphatic rings. The van der Waals surface area contributed by atoms with E-state index in [0.717, 1.165) is 18.8 Å². The number of rotatable bonds is 7. The van der Waals surface area contributed by atoms with E-state index >= 15 is 0 Å². The third kappa shape index (κ3) is 4.34. The average Bonchev–Trinajstić information content (AvgIpc) is 3.02. The van der Waals surface area contributed by atoms with Crippen molar-refractivity contribution in [2.24, 2.45) is 0 Å². The molecule has 7 heteroatoms. The molecule has 0 radical (unpaired) electrons. The molecule has 2 N–H and O–H groups in total. The zero-order chi connectivity index (χ0) is 18.4. The molecule has 3 rings (SSSR count). The van der Waals surface area contributed by atoms with Gasteiger partial charge in [-0.3, -0.25) is 9.59 Å². The number of benzene rings is 1. The van der Waals surface area contributed by atoms with Crippen molar-refractivity contribution in [1.82, 2.24) is 15.5 Å². The van der Waals surface area contributed by atoms with Gasteiger partial charge in [0.25, 0.3) is 5.91 Å². The summed E-state index contributed by atoms with van der Waals surface area (Å²) in [7, 11) is 1.58. The van der Waals surface area contributed by atoms with Crippen molar-refractivity contribution in [2.75, 3.05) is 39.9 Å². The number of carbonyl (C=O) groups excluding carboxylic acids is 2. The van der Waals surface area contributed by atoms with Crippen LogP contribution in [0, 0.1) is 0 Å². The number of nitrogens with zero attached hydrogens (tertiary/aromatic N) is 1. The lowest BCUT2D eigenvalue weighted by molar-refractivity contribution is -0.147. The maximum Gasteiger partial charge on any atom is 0.252 e. The first-order chi connectivity index (χ1) is 12.6. The van der Waals surface area contributed by atoms with Crippen LogP contribution in [0.15, 0.2) is 30.3 Å². The van der Waals surface area contributed by atoms with E-state index in [1.807, 2.05) is 30.3 Å². The first kappa shape index (κ1) is 18.7. The fourth-order valence-corrected chi connectivity index (χ4v) is 3.55. The molecule has 0 aromatic heterocycles. The quantitative estimate of drug-likeness (QED) is 0.742. The van der Waals surface area contributed by atoms with Gasteiger partial charge in [0, 0.05) is 20.1 Å². The number of likely N-dealkylation sites (tertiary alicyclic amines) is 1. The van der Waals surface area contributed by atoms with Crippen molar-refractivity contribution < 1.29 is 19.1 Å². The van der Waals surface area contributed by atoms with Crippen LogP contribution >= 0.6 is 0 Å². The molecule has 7 nitrogen and oxygen atoms in total. The Bertz CT molecular complexity index is 616. The van der Waals surface area contributed by atoms with Gasteiger partial charge in [0.05, 0.1) is 12.6 Å². The summed E-state index contributed by atoms with van der Waals surface area (Å²) in [5.41, 5.74) is -0.780. The van der Waals surface area contributed by atoms with Crippen LogP contribution in [0.2, 0.25) is 0 Å². The van der Waals surface area contributed by atoms with Gasteiger partial charge in [-0.2, -0.15) is 0 Å². The minimum atomic E-state index is -0.780. The molecule has 2 amide bonds. The summed E-state index contributed by atoms with van der Waals surface area (Å²) in [4.78, 5) is 26.7. The lowest BCUT2D eigenvalue weighted by atomic mass is 9.90. The predicted octanol–water partition coefficient (Wildman–Crippen LogP) is 0.551. The molecule has 0 spiro atoms. The highest BCUT2D eigenvalue weighted by Crippen LogP contribution is 2.23. The molecule has 1 aromatic rings. The standard InChI is InChI=1S/C19H27N3O4/c1-25-19(7-9-20-10-8-19)18(24)21-15-13-17(23)22(14-15)11-12-26-16-5-3-2-4-6-16/h2-6,15,20H,7-14H2,1H3,(H,21,24). The largest absolute Gasteiger partial charge is 0.492 e. The highest BCUT2D eigenvalue weighted by atomic mass is 16.5. The maximum atomic E-state index is 12.7. The van der Waals surface area contributed by atoms with Crippen LogP contribution < -0.4 is 15.4 Å². The summed E-state index contributed by atoms with van der Waals surface area (Å²) in [5, 5.41) is 6.25. The highest BCUT2D eigenvalue weighted by molar-refractivity contribution is 5.87. The Balaban J connectivity index is 1.47. The summed E-state index contributed by atoms with van der Waals surface area (Å²) in [6.07, 6.45) is 1.62. The topological polar surface area (TPSA) is 79.9 Å². The van der Waals surface area contributed by atoms with E-state index in [0.29, 0.717) is 39.0 Å². The fraction of sp³-hybridized carbons (Fsp3) is 0.579. The zero-order valence-electron chi connectivity index (χ0n) is 15.2. The molecule has 0 bridgehead atoms. The Morgan fingerprint density at radius 1 is 1.31 bits per heavy atom. The highest BCUT2D eigenvalue weighted by Gasteiger charge is 2.42. The predicted molar refractivity (Wildman–Crippen MR) is 96.9 cm³/mol. The monoisotopic (exact) mass is 361 g/mol. The fourth-order valence-electron chi connectivity index (χ4n) is 3.55. The molecule has 142 valence electrons. The number of piperidine rings is 1. The van der Waals surface area contributed by atoms with E-state index in [1.54, 1.807) is 12.0 Å². The second-order valence-corrected chi connectivity index (χ2v) is 6.82. The molecule has 0 aliphatic carbocycles. The normalized spacial score (nSPS) is 22.3. The van der Waals surface area contributed by atoms with Crippen LogP contribution in [-0.4, -0.2) is 68.3 Å². The van der Waals surface area contributed by atoms with Gasteiger partial charge in [-0.25, -0.2) is 0 Å². The van der Waals surface area contributed by atoms with E-state index in [9.17, 15) is 9.59 Å². The van der Waals surface area contributed by atoms with Gasteiger partial charge in [0.15, 0.2) is 0 Å². The number of nitrogens with one attached hydrogen (secondary N) is 2. The van der Waals surface area contributed by atoms with Crippen molar-refractivity contribution in [2.45, 2.75) is 30.9 Å². The summed E-state index contributed by atoms with van der Waals surface area (Å²) in [6, 6.07) is 9.35. The Labute approximate surface area is 154 Å². The average molecular weight is 361 g/mol. The van der Waals surface area contributed by atoms with E-state index in [4.69, 9.17) is 9.47 Å². The van der Waals surface area contributed by atoms with Crippen molar-refractivity contribution in [3.63, 3.8) is 0 Å². The smallest absolute Gasteiger partial charge is 0.252 e. The Kier molecular flexibility index (Phi) is 6.11. The van der Waals surface area contributed by atoms with Gasteiger partial charge in [-0.15, -0.1) is 0 Å². The summed E-state index contributed by atoms with van der Waals surface area (Å²) in [5.74, 6) is 0.724. The Morgan fingerprint density at radius 3 is 2.73 bits per heavy atom. The van der Waals surface area contributed by atoms with E-state index < -0.39 is 5.60 Å². The van der Waals surface area contributed by atoms with Crippen LogP contribution in [0.5, 0.6) is 5.75 Å². The van der Waals surface area contributed by atoms with Crippen LogP contribution in [0.1, 0.15) is 19.3 Å². The third-order valence-corrected chi connectivity index (χ3v) is 5.14. The number of amides is 2. The van der Waals surface area contributed by atoms with Crippen LogP contribution in [-0.2, 0) is 14.3 Å². The van der Waals surface area contributed by atoms with Crippen molar-refractivity contribution in [3.8, 4) is 5.75 Å². The number of hydrogen-bond acceptors (Lipinski definition) is 5. The molecule has 2 saturated heterocycles. The molecular weight excluding hydrogens is 334 g/mol. The van der Waals surface area contributed by atoms with Gasteiger partial charge in [-0.05, 0) is 38.1 Å². The second kappa shape index (κ2) is 8.51. The lowest BCUT2D eigenvalue weighted by Crippen LogP contribution is -2.56. The zero-order valence-corrected chi connectivity index (χ0v) is 15.2. The number of ether oxygens (including phenoxy) is 2. The minimum Gasteiger partial charge on any atom is -0.492 e. The molecule has 0 saturated carbocycles. The minimum absolute atomic E-state index is 0.0451. The molecule has 1 atom stereocenters. The summed E-state index contributed by atoms with van der Waals surface area (Å²) >= 11 is 0. The first-order valence-corrected chi connectivity index (χ1v) is 9.15. The molecule has 2 fully saturated rings. The second-order valence-electron chi connectivity index (χ2n) is 6.82. The number of methoxy groups -OCH3 is 1. The van der Waals surface area contributed by atoms with Crippen LogP contribution in [0.3, 0.4) is 0 Å².